The Balaban J connectivity index is 1.28. The van der Waals surface area contributed by atoms with Crippen molar-refractivity contribution in [2.24, 2.45) is 5.92 Å². The molecule has 3 aromatic heterocycles. The lowest BCUT2D eigenvalue weighted by Gasteiger charge is -2.09. The predicted molar refractivity (Wildman–Crippen MR) is 129 cm³/mol. The van der Waals surface area contributed by atoms with Crippen molar-refractivity contribution in [1.82, 2.24) is 24.5 Å². The molecule has 0 unspecified atom stereocenters. The molecule has 1 aliphatic rings. The number of aryl methyl sites for hydroxylation is 2. The van der Waals surface area contributed by atoms with Crippen molar-refractivity contribution in [3.63, 3.8) is 0 Å². The van der Waals surface area contributed by atoms with Crippen LogP contribution in [-0.4, -0.2) is 24.5 Å². The lowest BCUT2D eigenvalue weighted by atomic mass is 9.98. The normalized spacial score (nSPS) is 14.3. The van der Waals surface area contributed by atoms with E-state index in [9.17, 15) is 0 Å². The van der Waals surface area contributed by atoms with Gasteiger partial charge in [0.25, 0.3) is 0 Å². The Bertz CT molecular complexity index is 1160. The van der Waals surface area contributed by atoms with Crippen molar-refractivity contribution in [3.8, 4) is 11.4 Å². The highest BCUT2D eigenvalue weighted by molar-refractivity contribution is 5.77. The summed E-state index contributed by atoms with van der Waals surface area (Å²) in [5.74, 6) is 2.44. The van der Waals surface area contributed by atoms with Gasteiger partial charge in [0.1, 0.15) is 11.3 Å². The molecule has 1 N–H and O–H groups in total. The number of nitrogens with zero attached hydrogens (tertiary/aromatic N) is 5. The number of aromatic nitrogens is 5. The van der Waals surface area contributed by atoms with E-state index in [4.69, 9.17) is 9.97 Å². The summed E-state index contributed by atoms with van der Waals surface area (Å²) < 4.78 is 2.12. The van der Waals surface area contributed by atoms with Crippen molar-refractivity contribution in [3.05, 3.63) is 60.6 Å². The number of nitrogens with one attached hydrogen (secondary N) is 1. The van der Waals surface area contributed by atoms with Gasteiger partial charge in [-0.2, -0.15) is 4.98 Å². The third kappa shape index (κ3) is 4.49. The molecule has 1 aromatic carbocycles. The van der Waals surface area contributed by atoms with E-state index in [-0.39, 0.29) is 0 Å². The maximum atomic E-state index is 4.77. The molecule has 0 bridgehead atoms. The van der Waals surface area contributed by atoms with Gasteiger partial charge in [0, 0.05) is 30.2 Å². The second-order valence-corrected chi connectivity index (χ2v) is 8.68. The monoisotopic (exact) mass is 426 g/mol. The molecule has 0 aliphatic heterocycles. The summed E-state index contributed by atoms with van der Waals surface area (Å²) in [5, 5.41) is 3.35. The lowest BCUT2D eigenvalue weighted by molar-refractivity contribution is 0.484. The average molecular weight is 427 g/mol. The van der Waals surface area contributed by atoms with Gasteiger partial charge in [0.15, 0.2) is 5.65 Å². The van der Waals surface area contributed by atoms with E-state index in [0.29, 0.717) is 5.95 Å². The molecular weight excluding hydrogens is 396 g/mol. The summed E-state index contributed by atoms with van der Waals surface area (Å²) in [6.45, 7) is 2.88. The minimum absolute atomic E-state index is 0.586. The van der Waals surface area contributed by atoms with Crippen molar-refractivity contribution >= 4 is 22.8 Å². The molecule has 164 valence electrons. The van der Waals surface area contributed by atoms with E-state index < -0.39 is 0 Å². The Morgan fingerprint density at radius 2 is 1.78 bits per heavy atom. The van der Waals surface area contributed by atoms with Gasteiger partial charge in [-0.05, 0) is 55.5 Å². The zero-order valence-corrected chi connectivity index (χ0v) is 18.7. The standard InChI is InChI=1S/C26H30N6/c1-2-32-24(21-14-16-27-17-15-21)30-23-18-28-26(31-25(23)32)29-22-12-10-20(11-13-22)9-5-8-19-6-3-4-7-19/h10-19H,2-9H2,1H3,(H,28,29,31). The quantitative estimate of drug-likeness (QED) is 0.365. The minimum atomic E-state index is 0.586. The number of fused-ring (bicyclic) bond motifs is 1. The molecule has 1 fully saturated rings. The molecule has 0 atom stereocenters. The third-order valence-corrected chi connectivity index (χ3v) is 6.51. The van der Waals surface area contributed by atoms with Crippen LogP contribution in [0, 0.1) is 5.92 Å². The van der Waals surface area contributed by atoms with Crippen molar-refractivity contribution < 1.29 is 0 Å². The van der Waals surface area contributed by atoms with Crippen LogP contribution in [0.2, 0.25) is 0 Å². The Morgan fingerprint density at radius 3 is 2.53 bits per heavy atom. The topological polar surface area (TPSA) is 68.5 Å². The number of rotatable bonds is 8. The lowest BCUT2D eigenvalue weighted by Crippen LogP contribution is -2.02. The first-order valence-corrected chi connectivity index (χ1v) is 11.8. The van der Waals surface area contributed by atoms with Gasteiger partial charge >= 0.3 is 0 Å². The molecular formula is C26H30N6. The zero-order chi connectivity index (χ0) is 21.8. The number of benzene rings is 1. The Labute approximate surface area is 189 Å². The molecule has 0 saturated heterocycles. The van der Waals surface area contributed by atoms with E-state index in [0.717, 1.165) is 47.1 Å². The number of pyridine rings is 1. The first-order valence-electron chi connectivity index (χ1n) is 11.8. The van der Waals surface area contributed by atoms with E-state index in [2.05, 4.69) is 51.0 Å². The van der Waals surface area contributed by atoms with E-state index >= 15 is 0 Å². The van der Waals surface area contributed by atoms with Gasteiger partial charge in [-0.3, -0.25) is 4.98 Å². The molecule has 32 heavy (non-hydrogen) atoms. The van der Waals surface area contributed by atoms with Crippen LogP contribution in [0.3, 0.4) is 0 Å². The van der Waals surface area contributed by atoms with Gasteiger partial charge in [0.2, 0.25) is 5.95 Å². The molecule has 0 amide bonds. The van der Waals surface area contributed by atoms with E-state index in [1.54, 1.807) is 18.6 Å². The molecule has 3 heterocycles. The highest BCUT2D eigenvalue weighted by Crippen LogP contribution is 2.29. The molecule has 1 saturated carbocycles. The fraction of sp³-hybridized carbons (Fsp3) is 0.385. The van der Waals surface area contributed by atoms with Gasteiger partial charge in [-0.15, -0.1) is 0 Å². The van der Waals surface area contributed by atoms with Crippen LogP contribution in [0.25, 0.3) is 22.6 Å². The second kappa shape index (κ2) is 9.47. The predicted octanol–water partition coefficient (Wildman–Crippen LogP) is 6.16. The molecule has 1 aliphatic carbocycles. The summed E-state index contributed by atoms with van der Waals surface area (Å²) in [7, 11) is 0. The van der Waals surface area contributed by atoms with Crippen LogP contribution in [0.1, 0.15) is 51.0 Å². The summed E-state index contributed by atoms with van der Waals surface area (Å²) in [4.78, 5) is 18.1. The summed E-state index contributed by atoms with van der Waals surface area (Å²) in [6, 6.07) is 12.6. The Hall–Kier alpha value is -3.28. The van der Waals surface area contributed by atoms with Crippen molar-refractivity contribution in [2.45, 2.75) is 58.4 Å². The number of hydrogen-bond donors (Lipinski definition) is 1. The molecule has 0 radical (unpaired) electrons. The molecule has 0 spiro atoms. The largest absolute Gasteiger partial charge is 0.324 e. The molecule has 6 nitrogen and oxygen atoms in total. The number of imidazole rings is 1. The van der Waals surface area contributed by atoms with Crippen LogP contribution in [0.15, 0.2) is 55.0 Å². The van der Waals surface area contributed by atoms with E-state index in [1.165, 1.54) is 44.1 Å². The Kier molecular flexibility index (Phi) is 6.10. The maximum absolute atomic E-state index is 4.77. The SMILES string of the molecule is CCn1c(-c2ccncc2)nc2cnc(Nc3ccc(CCCC4CCCC4)cc3)nc21. The fourth-order valence-corrected chi connectivity index (χ4v) is 4.78. The maximum Gasteiger partial charge on any atom is 0.229 e. The molecule has 4 aromatic rings. The number of hydrogen-bond acceptors (Lipinski definition) is 5. The summed E-state index contributed by atoms with van der Waals surface area (Å²) >= 11 is 0. The fourth-order valence-electron chi connectivity index (χ4n) is 4.78. The smallest absolute Gasteiger partial charge is 0.229 e. The van der Waals surface area contributed by atoms with Crippen molar-refractivity contribution in [1.29, 1.82) is 0 Å². The first-order chi connectivity index (χ1) is 15.8. The number of anilines is 2. The van der Waals surface area contributed by atoms with Crippen LogP contribution in [0.4, 0.5) is 11.6 Å². The zero-order valence-electron chi connectivity index (χ0n) is 18.7. The molecule has 5 rings (SSSR count). The molecule has 6 heteroatoms. The summed E-state index contributed by atoms with van der Waals surface area (Å²) in [5.41, 5.74) is 5.05. The van der Waals surface area contributed by atoms with Crippen LogP contribution < -0.4 is 5.32 Å². The van der Waals surface area contributed by atoms with E-state index in [1.807, 2.05) is 12.1 Å². The van der Waals surface area contributed by atoms with Gasteiger partial charge < -0.3 is 9.88 Å². The summed E-state index contributed by atoms with van der Waals surface area (Å²) in [6.07, 6.45) is 14.9. The minimum Gasteiger partial charge on any atom is -0.324 e. The highest BCUT2D eigenvalue weighted by atomic mass is 15.2. The second-order valence-electron chi connectivity index (χ2n) is 8.68. The Morgan fingerprint density at radius 1 is 1.00 bits per heavy atom. The van der Waals surface area contributed by atoms with Crippen LogP contribution in [-0.2, 0) is 13.0 Å². The van der Waals surface area contributed by atoms with Crippen molar-refractivity contribution in [2.75, 3.05) is 5.32 Å². The first kappa shape index (κ1) is 20.6. The van der Waals surface area contributed by atoms with Crippen LogP contribution in [0.5, 0.6) is 0 Å². The van der Waals surface area contributed by atoms with Gasteiger partial charge in [-0.25, -0.2) is 9.97 Å². The van der Waals surface area contributed by atoms with Crippen LogP contribution >= 0.6 is 0 Å². The average Bonchev–Trinajstić information content (AvgIpc) is 3.48. The third-order valence-electron chi connectivity index (χ3n) is 6.51. The highest BCUT2D eigenvalue weighted by Gasteiger charge is 2.15. The van der Waals surface area contributed by atoms with Gasteiger partial charge in [-0.1, -0.05) is 44.2 Å². The van der Waals surface area contributed by atoms with Gasteiger partial charge in [0.05, 0.1) is 6.20 Å².